The van der Waals surface area contributed by atoms with E-state index in [1.165, 1.54) is 4.31 Å². The molecule has 2 heterocycles. The van der Waals surface area contributed by atoms with Crippen molar-refractivity contribution in [3.8, 4) is 11.5 Å². The number of piperidine rings is 1. The quantitative estimate of drug-likeness (QED) is 0.710. The molecule has 31 heavy (non-hydrogen) atoms. The Hall–Kier alpha value is -2.29. The molecule has 2 aliphatic heterocycles. The van der Waals surface area contributed by atoms with Gasteiger partial charge in [0, 0.05) is 18.1 Å². The van der Waals surface area contributed by atoms with Gasteiger partial charge in [0.1, 0.15) is 12.7 Å². The van der Waals surface area contributed by atoms with Gasteiger partial charge < -0.3 is 14.8 Å². The standard InChI is InChI=1S/C22H25ClN2O5S/c23-18-9-7-16(8-10-18)15-31(27,28)25-11-3-4-17(13-25)22(26)24-12-19-14-29-20-5-1-2-6-21(20)30-19/h1-2,5-10,17,19H,3-4,11-15H2,(H,24,26)/t17-,19-/m0/s1. The number of benzene rings is 2. The van der Waals surface area contributed by atoms with Gasteiger partial charge in [-0.05, 0) is 42.7 Å². The first-order chi connectivity index (χ1) is 14.9. The Labute approximate surface area is 187 Å². The Kier molecular flexibility index (Phi) is 6.69. The van der Waals surface area contributed by atoms with Crippen LogP contribution in [0.1, 0.15) is 18.4 Å². The van der Waals surface area contributed by atoms with Crippen LogP contribution in [0, 0.1) is 5.92 Å². The van der Waals surface area contributed by atoms with E-state index in [0.717, 1.165) is 0 Å². The van der Waals surface area contributed by atoms with Crippen LogP contribution in [0.4, 0.5) is 0 Å². The van der Waals surface area contributed by atoms with Crippen LogP contribution in [0.5, 0.6) is 11.5 Å². The maximum Gasteiger partial charge on any atom is 0.224 e. The number of para-hydroxylation sites is 2. The molecule has 7 nitrogen and oxygen atoms in total. The second-order valence-corrected chi connectivity index (χ2v) is 10.2. The second-order valence-electron chi connectivity index (χ2n) is 7.82. The number of halogens is 1. The van der Waals surface area contributed by atoms with Crippen LogP contribution >= 0.6 is 11.6 Å². The summed E-state index contributed by atoms with van der Waals surface area (Å²) in [6.07, 6.45) is 1.02. The van der Waals surface area contributed by atoms with Gasteiger partial charge in [0.15, 0.2) is 11.5 Å². The Bertz CT molecular complexity index is 1030. The third-order valence-electron chi connectivity index (χ3n) is 5.48. The van der Waals surface area contributed by atoms with Crippen molar-refractivity contribution in [3.05, 3.63) is 59.1 Å². The maximum atomic E-state index is 12.9. The highest BCUT2D eigenvalue weighted by Crippen LogP contribution is 2.30. The van der Waals surface area contributed by atoms with Crippen molar-refractivity contribution in [2.75, 3.05) is 26.2 Å². The predicted molar refractivity (Wildman–Crippen MR) is 118 cm³/mol. The summed E-state index contributed by atoms with van der Waals surface area (Å²) in [5.74, 6) is 0.703. The summed E-state index contributed by atoms with van der Waals surface area (Å²) in [7, 11) is -3.52. The molecule has 0 radical (unpaired) electrons. The number of hydrogen-bond donors (Lipinski definition) is 1. The molecule has 166 valence electrons. The van der Waals surface area contributed by atoms with E-state index in [2.05, 4.69) is 5.32 Å². The molecule has 1 N–H and O–H groups in total. The minimum absolute atomic E-state index is 0.106. The fraction of sp³-hybridized carbons (Fsp3) is 0.409. The molecule has 0 aromatic heterocycles. The molecule has 0 bridgehead atoms. The van der Waals surface area contributed by atoms with E-state index in [0.29, 0.717) is 54.6 Å². The summed E-state index contributed by atoms with van der Waals surface area (Å²) in [4.78, 5) is 12.7. The van der Waals surface area contributed by atoms with E-state index >= 15 is 0 Å². The van der Waals surface area contributed by atoms with Gasteiger partial charge in [0.2, 0.25) is 15.9 Å². The minimum atomic E-state index is -3.52. The summed E-state index contributed by atoms with van der Waals surface area (Å²) in [6.45, 7) is 1.27. The molecule has 0 unspecified atom stereocenters. The Morgan fingerprint density at radius 1 is 1.13 bits per heavy atom. The number of ether oxygens (including phenoxy) is 2. The van der Waals surface area contributed by atoms with Crippen molar-refractivity contribution in [1.82, 2.24) is 9.62 Å². The highest BCUT2D eigenvalue weighted by molar-refractivity contribution is 7.88. The average molecular weight is 465 g/mol. The average Bonchev–Trinajstić information content (AvgIpc) is 2.79. The summed E-state index contributed by atoms with van der Waals surface area (Å²) in [5, 5.41) is 3.46. The third kappa shape index (κ3) is 5.50. The van der Waals surface area contributed by atoms with Crippen LogP contribution in [-0.4, -0.2) is 51.0 Å². The van der Waals surface area contributed by atoms with E-state index in [-0.39, 0.29) is 30.2 Å². The highest BCUT2D eigenvalue weighted by Gasteiger charge is 2.33. The zero-order chi connectivity index (χ0) is 21.8. The molecule has 1 saturated heterocycles. The fourth-order valence-electron chi connectivity index (χ4n) is 3.81. The molecule has 0 saturated carbocycles. The van der Waals surface area contributed by atoms with Crippen LogP contribution < -0.4 is 14.8 Å². The van der Waals surface area contributed by atoms with Gasteiger partial charge in [-0.1, -0.05) is 35.9 Å². The monoisotopic (exact) mass is 464 g/mol. The Morgan fingerprint density at radius 3 is 2.65 bits per heavy atom. The lowest BCUT2D eigenvalue weighted by Gasteiger charge is -2.32. The van der Waals surface area contributed by atoms with Crippen molar-refractivity contribution in [1.29, 1.82) is 0 Å². The number of fused-ring (bicyclic) bond motifs is 1. The lowest BCUT2D eigenvalue weighted by atomic mass is 9.99. The number of hydrogen-bond acceptors (Lipinski definition) is 5. The molecular weight excluding hydrogens is 440 g/mol. The number of carbonyl (C=O) groups is 1. The number of rotatable bonds is 6. The number of amides is 1. The van der Waals surface area contributed by atoms with Gasteiger partial charge in [-0.3, -0.25) is 4.79 Å². The van der Waals surface area contributed by atoms with Gasteiger partial charge >= 0.3 is 0 Å². The van der Waals surface area contributed by atoms with E-state index < -0.39 is 10.0 Å². The maximum absolute atomic E-state index is 12.9. The number of sulfonamides is 1. The second kappa shape index (κ2) is 9.46. The van der Waals surface area contributed by atoms with Crippen molar-refractivity contribution >= 4 is 27.5 Å². The highest BCUT2D eigenvalue weighted by atomic mass is 35.5. The lowest BCUT2D eigenvalue weighted by Crippen LogP contribution is -2.48. The van der Waals surface area contributed by atoms with E-state index in [1.54, 1.807) is 24.3 Å². The Morgan fingerprint density at radius 2 is 1.87 bits per heavy atom. The molecule has 2 aliphatic rings. The first kappa shape index (κ1) is 21.9. The van der Waals surface area contributed by atoms with Crippen molar-refractivity contribution < 1.29 is 22.7 Å². The zero-order valence-electron chi connectivity index (χ0n) is 17.0. The van der Waals surface area contributed by atoms with E-state index in [4.69, 9.17) is 21.1 Å². The fourth-order valence-corrected chi connectivity index (χ4v) is 5.55. The van der Waals surface area contributed by atoms with Gasteiger partial charge in [-0.15, -0.1) is 0 Å². The van der Waals surface area contributed by atoms with Crippen molar-refractivity contribution in [3.63, 3.8) is 0 Å². The topological polar surface area (TPSA) is 84.9 Å². The van der Waals surface area contributed by atoms with Crippen LogP contribution in [-0.2, 0) is 20.6 Å². The molecule has 2 aromatic carbocycles. The number of nitrogens with zero attached hydrogens (tertiary/aromatic N) is 1. The first-order valence-electron chi connectivity index (χ1n) is 10.3. The molecule has 1 fully saturated rings. The SMILES string of the molecule is O=C(NC[C@H]1COc2ccccc2O1)[C@H]1CCCN(S(=O)(=O)Cc2ccc(Cl)cc2)C1. The normalized spacial score (nSPS) is 21.5. The molecule has 4 rings (SSSR count). The molecule has 2 atom stereocenters. The summed E-state index contributed by atoms with van der Waals surface area (Å²) >= 11 is 5.88. The van der Waals surface area contributed by atoms with Gasteiger partial charge in [0.25, 0.3) is 0 Å². The Balaban J connectivity index is 1.30. The molecule has 1 amide bonds. The molecule has 9 heteroatoms. The zero-order valence-corrected chi connectivity index (χ0v) is 18.6. The molecule has 0 aliphatic carbocycles. The lowest BCUT2D eigenvalue weighted by molar-refractivity contribution is -0.126. The van der Waals surface area contributed by atoms with Crippen LogP contribution in [0.2, 0.25) is 5.02 Å². The summed E-state index contributed by atoms with van der Waals surface area (Å²) < 4.78 is 38.7. The molecule has 0 spiro atoms. The summed E-state index contributed by atoms with van der Waals surface area (Å²) in [5.41, 5.74) is 0.672. The summed E-state index contributed by atoms with van der Waals surface area (Å²) in [6, 6.07) is 14.2. The smallest absolute Gasteiger partial charge is 0.224 e. The molecule has 2 aromatic rings. The minimum Gasteiger partial charge on any atom is -0.486 e. The van der Waals surface area contributed by atoms with E-state index in [9.17, 15) is 13.2 Å². The van der Waals surface area contributed by atoms with Crippen molar-refractivity contribution in [2.45, 2.75) is 24.7 Å². The van der Waals surface area contributed by atoms with Crippen LogP contribution in [0.15, 0.2) is 48.5 Å². The van der Waals surface area contributed by atoms with Gasteiger partial charge in [-0.25, -0.2) is 12.7 Å². The molecular formula is C22H25ClN2O5S. The first-order valence-corrected chi connectivity index (χ1v) is 12.3. The van der Waals surface area contributed by atoms with Crippen LogP contribution in [0.3, 0.4) is 0 Å². The largest absolute Gasteiger partial charge is 0.486 e. The van der Waals surface area contributed by atoms with Crippen LogP contribution in [0.25, 0.3) is 0 Å². The number of nitrogens with one attached hydrogen (secondary N) is 1. The van der Waals surface area contributed by atoms with Crippen molar-refractivity contribution in [2.24, 2.45) is 5.92 Å². The third-order valence-corrected chi connectivity index (χ3v) is 7.55. The predicted octanol–water partition coefficient (Wildman–Crippen LogP) is 2.84. The van der Waals surface area contributed by atoms with Gasteiger partial charge in [-0.2, -0.15) is 0 Å². The van der Waals surface area contributed by atoms with E-state index in [1.807, 2.05) is 24.3 Å². The number of carbonyl (C=O) groups excluding carboxylic acids is 1. The van der Waals surface area contributed by atoms with Gasteiger partial charge in [0.05, 0.1) is 18.2 Å².